The maximum Gasteiger partial charge on any atom is 0.239 e. The summed E-state index contributed by atoms with van der Waals surface area (Å²) in [7, 11) is 0. The van der Waals surface area contributed by atoms with Crippen molar-refractivity contribution in [1.29, 1.82) is 0 Å². The fourth-order valence-corrected chi connectivity index (χ4v) is 1.03. The van der Waals surface area contributed by atoms with Crippen LogP contribution in [0.2, 0.25) is 0 Å². The molecule has 0 amide bonds. The summed E-state index contributed by atoms with van der Waals surface area (Å²) in [5, 5.41) is 4.07. The zero-order valence-electron chi connectivity index (χ0n) is 7.91. The van der Waals surface area contributed by atoms with E-state index in [1.54, 1.807) is 0 Å². The van der Waals surface area contributed by atoms with E-state index in [1.807, 2.05) is 11.6 Å². The Kier molecular flexibility index (Phi) is 2.68. The van der Waals surface area contributed by atoms with Crippen molar-refractivity contribution in [1.82, 2.24) is 14.8 Å². The van der Waals surface area contributed by atoms with Gasteiger partial charge >= 0.3 is 0 Å². The minimum Gasteiger partial charge on any atom is -0.366 e. The van der Waals surface area contributed by atoms with E-state index in [1.165, 1.54) is 0 Å². The lowest BCUT2D eigenvalue weighted by molar-refractivity contribution is 0.480. The maximum atomic E-state index is 5.44. The average molecular weight is 168 g/mol. The highest BCUT2D eigenvalue weighted by Crippen LogP contribution is 2.04. The number of anilines is 1. The molecule has 0 radical (unpaired) electrons. The van der Waals surface area contributed by atoms with Gasteiger partial charge in [-0.3, -0.25) is 0 Å². The largest absolute Gasteiger partial charge is 0.366 e. The smallest absolute Gasteiger partial charge is 0.239 e. The molecule has 0 saturated carbocycles. The molecule has 0 aliphatic rings. The normalized spacial score (nSPS) is 11.0. The van der Waals surface area contributed by atoms with Crippen molar-refractivity contribution in [2.45, 2.75) is 33.7 Å². The molecule has 1 aromatic heterocycles. The molecule has 0 fully saturated rings. The lowest BCUT2D eigenvalue weighted by atomic mass is 10.1. The highest BCUT2D eigenvalue weighted by atomic mass is 15.4. The Balaban J connectivity index is 2.57. The minimum absolute atomic E-state index is 0.372. The number of rotatable bonds is 3. The van der Waals surface area contributed by atoms with E-state index in [-0.39, 0.29) is 0 Å². The molecular formula is C8H16N4. The molecular weight excluding hydrogens is 152 g/mol. The second-order valence-corrected chi connectivity index (χ2v) is 3.42. The van der Waals surface area contributed by atoms with E-state index in [4.69, 9.17) is 5.73 Å². The summed E-state index contributed by atoms with van der Waals surface area (Å²) in [5.41, 5.74) is 5.44. The summed E-state index contributed by atoms with van der Waals surface area (Å²) in [5.74, 6) is 1.96. The van der Waals surface area contributed by atoms with E-state index in [0.29, 0.717) is 11.9 Å². The fourth-order valence-electron chi connectivity index (χ4n) is 1.03. The van der Waals surface area contributed by atoms with Crippen LogP contribution in [0.4, 0.5) is 5.95 Å². The maximum absolute atomic E-state index is 5.44. The molecule has 0 saturated heterocycles. The van der Waals surface area contributed by atoms with E-state index in [0.717, 1.165) is 18.8 Å². The third-order valence-electron chi connectivity index (χ3n) is 1.79. The van der Waals surface area contributed by atoms with E-state index < -0.39 is 0 Å². The fraction of sp³-hybridized carbons (Fsp3) is 0.750. The molecule has 2 N–H and O–H groups in total. The summed E-state index contributed by atoms with van der Waals surface area (Å²) in [4.78, 5) is 4.02. The Bertz CT molecular complexity index is 252. The minimum atomic E-state index is 0.372. The third-order valence-corrected chi connectivity index (χ3v) is 1.79. The summed E-state index contributed by atoms with van der Waals surface area (Å²) in [6, 6.07) is 0. The molecule has 68 valence electrons. The van der Waals surface area contributed by atoms with Crippen LogP contribution in [0.5, 0.6) is 0 Å². The van der Waals surface area contributed by atoms with Crippen LogP contribution in [-0.2, 0) is 6.54 Å². The molecule has 1 aromatic rings. The van der Waals surface area contributed by atoms with Gasteiger partial charge in [-0.05, 0) is 19.3 Å². The molecule has 0 aliphatic carbocycles. The average Bonchev–Trinajstić information content (AvgIpc) is 2.26. The van der Waals surface area contributed by atoms with Crippen LogP contribution >= 0.6 is 0 Å². The highest BCUT2D eigenvalue weighted by Gasteiger charge is 2.02. The van der Waals surface area contributed by atoms with Gasteiger partial charge in [0.1, 0.15) is 5.82 Å². The zero-order valence-corrected chi connectivity index (χ0v) is 7.91. The Labute approximate surface area is 72.8 Å². The summed E-state index contributed by atoms with van der Waals surface area (Å²) in [6.45, 7) is 7.21. The van der Waals surface area contributed by atoms with Crippen LogP contribution in [-0.4, -0.2) is 14.8 Å². The van der Waals surface area contributed by atoms with Gasteiger partial charge in [0.05, 0.1) is 0 Å². The number of hydrogen-bond acceptors (Lipinski definition) is 3. The van der Waals surface area contributed by atoms with Gasteiger partial charge in [0.25, 0.3) is 0 Å². The van der Waals surface area contributed by atoms with Crippen molar-refractivity contribution < 1.29 is 0 Å². The molecule has 0 aromatic carbocycles. The molecule has 1 heterocycles. The second kappa shape index (κ2) is 3.56. The van der Waals surface area contributed by atoms with Gasteiger partial charge in [-0.1, -0.05) is 13.8 Å². The van der Waals surface area contributed by atoms with Crippen molar-refractivity contribution in [3.63, 3.8) is 0 Å². The molecule has 4 heteroatoms. The number of nitrogen functional groups attached to an aromatic ring is 1. The first-order chi connectivity index (χ1) is 5.59. The number of aryl methyl sites for hydroxylation is 2. The van der Waals surface area contributed by atoms with Gasteiger partial charge in [-0.15, -0.1) is 5.10 Å². The molecule has 0 spiro atoms. The molecule has 0 unspecified atom stereocenters. The van der Waals surface area contributed by atoms with E-state index in [2.05, 4.69) is 23.9 Å². The molecule has 4 nitrogen and oxygen atoms in total. The first kappa shape index (κ1) is 9.03. The molecule has 1 rings (SSSR count). The number of aromatic nitrogens is 3. The molecule has 0 atom stereocenters. The predicted octanol–water partition coefficient (Wildman–Crippen LogP) is 1.21. The topological polar surface area (TPSA) is 56.7 Å². The Hall–Kier alpha value is -1.06. The van der Waals surface area contributed by atoms with Crippen molar-refractivity contribution in [3.8, 4) is 0 Å². The molecule has 12 heavy (non-hydrogen) atoms. The second-order valence-electron chi connectivity index (χ2n) is 3.42. The van der Waals surface area contributed by atoms with Crippen LogP contribution < -0.4 is 5.73 Å². The molecule has 0 aliphatic heterocycles. The number of nitrogens with two attached hydrogens (primary N) is 1. The first-order valence-electron chi connectivity index (χ1n) is 4.26. The summed E-state index contributed by atoms with van der Waals surface area (Å²) < 4.78 is 1.86. The van der Waals surface area contributed by atoms with Crippen molar-refractivity contribution in [3.05, 3.63) is 5.82 Å². The van der Waals surface area contributed by atoms with Crippen LogP contribution in [0.25, 0.3) is 0 Å². The van der Waals surface area contributed by atoms with Crippen molar-refractivity contribution >= 4 is 5.95 Å². The molecule has 0 bridgehead atoms. The van der Waals surface area contributed by atoms with Gasteiger partial charge in [-0.2, -0.15) is 4.98 Å². The number of hydrogen-bond donors (Lipinski definition) is 1. The van der Waals surface area contributed by atoms with E-state index in [9.17, 15) is 0 Å². The summed E-state index contributed by atoms with van der Waals surface area (Å²) >= 11 is 0. The Morgan fingerprint density at radius 3 is 2.58 bits per heavy atom. The lowest BCUT2D eigenvalue weighted by Crippen LogP contribution is -2.05. The van der Waals surface area contributed by atoms with Crippen LogP contribution in [0, 0.1) is 12.8 Å². The highest BCUT2D eigenvalue weighted by molar-refractivity contribution is 5.12. The van der Waals surface area contributed by atoms with Crippen LogP contribution in [0.15, 0.2) is 0 Å². The Morgan fingerprint density at radius 1 is 1.50 bits per heavy atom. The van der Waals surface area contributed by atoms with E-state index >= 15 is 0 Å². The van der Waals surface area contributed by atoms with Crippen molar-refractivity contribution in [2.75, 3.05) is 5.73 Å². The zero-order chi connectivity index (χ0) is 9.14. The van der Waals surface area contributed by atoms with Crippen LogP contribution in [0.3, 0.4) is 0 Å². The standard InChI is InChI=1S/C8H16N4/c1-6(2)4-5-12-7(3)10-8(9)11-12/h6H,4-5H2,1-3H3,(H2,9,11). The summed E-state index contributed by atoms with van der Waals surface area (Å²) in [6.07, 6.45) is 1.11. The Morgan fingerprint density at radius 2 is 2.17 bits per heavy atom. The van der Waals surface area contributed by atoms with Crippen molar-refractivity contribution in [2.24, 2.45) is 5.92 Å². The quantitative estimate of drug-likeness (QED) is 0.738. The van der Waals surface area contributed by atoms with Gasteiger partial charge < -0.3 is 5.73 Å². The third kappa shape index (κ3) is 2.22. The predicted molar refractivity (Wildman–Crippen MR) is 48.6 cm³/mol. The van der Waals surface area contributed by atoms with Gasteiger partial charge in [0.15, 0.2) is 0 Å². The number of nitrogens with zero attached hydrogens (tertiary/aromatic N) is 3. The van der Waals surface area contributed by atoms with Crippen LogP contribution in [0.1, 0.15) is 26.1 Å². The monoisotopic (exact) mass is 168 g/mol. The SMILES string of the molecule is Cc1nc(N)nn1CCC(C)C. The van der Waals surface area contributed by atoms with Gasteiger partial charge in [-0.25, -0.2) is 4.68 Å². The van der Waals surface area contributed by atoms with Gasteiger partial charge in [0.2, 0.25) is 5.95 Å². The first-order valence-corrected chi connectivity index (χ1v) is 4.26. The van der Waals surface area contributed by atoms with Gasteiger partial charge in [0, 0.05) is 6.54 Å². The lowest BCUT2D eigenvalue weighted by Gasteiger charge is -2.04.